The lowest BCUT2D eigenvalue weighted by Gasteiger charge is -2.13. The van der Waals surface area contributed by atoms with E-state index in [1.54, 1.807) is 7.11 Å². The molecule has 0 aliphatic carbocycles. The van der Waals surface area contributed by atoms with Crippen molar-refractivity contribution < 1.29 is 9.84 Å². The number of hydrogen-bond acceptors (Lipinski definition) is 2. The summed E-state index contributed by atoms with van der Waals surface area (Å²) in [7, 11) is 1.59. The van der Waals surface area contributed by atoms with Crippen LogP contribution in [0, 0.1) is 12.3 Å². The molecule has 0 heterocycles. The number of methoxy groups -OCH3 is 1. The summed E-state index contributed by atoms with van der Waals surface area (Å²) < 4.78 is 5.13. The van der Waals surface area contributed by atoms with Gasteiger partial charge in [0.2, 0.25) is 0 Å². The van der Waals surface area contributed by atoms with Crippen LogP contribution in [0.4, 0.5) is 0 Å². The van der Waals surface area contributed by atoms with Gasteiger partial charge in [0.25, 0.3) is 0 Å². The number of rotatable bonds is 4. The van der Waals surface area contributed by atoms with E-state index in [1.165, 1.54) is 0 Å². The van der Waals surface area contributed by atoms with Crippen LogP contribution >= 0.6 is 0 Å². The minimum Gasteiger partial charge on any atom is -0.496 e. The molecule has 1 aromatic rings. The molecule has 1 aromatic carbocycles. The third-order valence-electron chi connectivity index (χ3n) is 2.06. The van der Waals surface area contributed by atoms with Gasteiger partial charge in [-0.1, -0.05) is 18.2 Å². The SMILES string of the molecule is C#CCCC(O)c1ccccc1OC. The summed E-state index contributed by atoms with van der Waals surface area (Å²) in [6.45, 7) is 0. The molecule has 0 bridgehead atoms. The molecule has 0 aliphatic heterocycles. The van der Waals surface area contributed by atoms with Crippen LogP contribution in [0.5, 0.6) is 5.75 Å². The fourth-order valence-electron chi connectivity index (χ4n) is 1.32. The van der Waals surface area contributed by atoms with Crippen LogP contribution in [0.3, 0.4) is 0 Å². The summed E-state index contributed by atoms with van der Waals surface area (Å²) in [5.74, 6) is 3.21. The van der Waals surface area contributed by atoms with E-state index < -0.39 is 6.10 Å². The highest BCUT2D eigenvalue weighted by Gasteiger charge is 2.11. The lowest BCUT2D eigenvalue weighted by molar-refractivity contribution is 0.165. The maximum Gasteiger partial charge on any atom is 0.124 e. The first-order valence-corrected chi connectivity index (χ1v) is 4.54. The van der Waals surface area contributed by atoms with Crippen LogP contribution in [0.2, 0.25) is 0 Å². The molecule has 1 N–H and O–H groups in total. The average Bonchev–Trinajstić information content (AvgIpc) is 2.25. The van der Waals surface area contributed by atoms with Crippen LogP contribution in [-0.2, 0) is 0 Å². The van der Waals surface area contributed by atoms with Gasteiger partial charge >= 0.3 is 0 Å². The molecular formula is C12H14O2. The number of benzene rings is 1. The van der Waals surface area contributed by atoms with E-state index in [0.29, 0.717) is 18.6 Å². The largest absolute Gasteiger partial charge is 0.496 e. The van der Waals surface area contributed by atoms with Gasteiger partial charge in [-0.2, -0.15) is 0 Å². The lowest BCUT2D eigenvalue weighted by atomic mass is 10.0. The van der Waals surface area contributed by atoms with Crippen molar-refractivity contribution >= 4 is 0 Å². The topological polar surface area (TPSA) is 29.5 Å². The summed E-state index contributed by atoms with van der Waals surface area (Å²) in [5, 5.41) is 9.79. The minimum atomic E-state index is -0.540. The van der Waals surface area contributed by atoms with Crippen molar-refractivity contribution in [1.29, 1.82) is 0 Å². The summed E-state index contributed by atoms with van der Waals surface area (Å²) in [6, 6.07) is 7.42. The molecule has 0 spiro atoms. The van der Waals surface area contributed by atoms with Gasteiger partial charge in [-0.25, -0.2) is 0 Å². The fraction of sp³-hybridized carbons (Fsp3) is 0.333. The predicted octanol–water partition coefficient (Wildman–Crippen LogP) is 2.14. The van der Waals surface area contributed by atoms with Crippen LogP contribution in [-0.4, -0.2) is 12.2 Å². The second-order valence-electron chi connectivity index (χ2n) is 3.00. The number of ether oxygens (including phenoxy) is 1. The molecule has 1 rings (SSSR count). The third-order valence-corrected chi connectivity index (χ3v) is 2.06. The van der Waals surface area contributed by atoms with E-state index in [2.05, 4.69) is 5.92 Å². The van der Waals surface area contributed by atoms with Crippen molar-refractivity contribution in [3.8, 4) is 18.1 Å². The Morgan fingerprint density at radius 1 is 1.50 bits per heavy atom. The molecule has 0 aromatic heterocycles. The minimum absolute atomic E-state index is 0.540. The van der Waals surface area contributed by atoms with Crippen molar-refractivity contribution in [3.63, 3.8) is 0 Å². The Kier molecular flexibility index (Phi) is 4.03. The zero-order valence-electron chi connectivity index (χ0n) is 8.23. The second-order valence-corrected chi connectivity index (χ2v) is 3.00. The predicted molar refractivity (Wildman–Crippen MR) is 56.0 cm³/mol. The molecule has 0 fully saturated rings. The Balaban J connectivity index is 2.78. The molecule has 2 nitrogen and oxygen atoms in total. The van der Waals surface area contributed by atoms with E-state index in [-0.39, 0.29) is 0 Å². The van der Waals surface area contributed by atoms with Gasteiger partial charge in [0, 0.05) is 12.0 Å². The second kappa shape index (κ2) is 5.31. The highest BCUT2D eigenvalue weighted by atomic mass is 16.5. The molecule has 0 aliphatic rings. The molecule has 0 amide bonds. The van der Waals surface area contributed by atoms with Crippen LogP contribution < -0.4 is 4.74 Å². The zero-order valence-corrected chi connectivity index (χ0v) is 8.23. The molecular weight excluding hydrogens is 176 g/mol. The van der Waals surface area contributed by atoms with Gasteiger partial charge in [0.05, 0.1) is 13.2 Å². The quantitative estimate of drug-likeness (QED) is 0.737. The summed E-state index contributed by atoms with van der Waals surface area (Å²) in [6.07, 6.45) is 5.73. The molecule has 0 radical (unpaired) electrons. The molecule has 1 atom stereocenters. The maximum atomic E-state index is 9.79. The third kappa shape index (κ3) is 2.51. The first kappa shape index (κ1) is 10.6. The molecule has 0 saturated carbocycles. The number of para-hydroxylation sites is 1. The normalized spacial score (nSPS) is 11.8. The Labute approximate surface area is 84.5 Å². The number of terminal acetylenes is 1. The van der Waals surface area contributed by atoms with Crippen molar-refractivity contribution in [2.45, 2.75) is 18.9 Å². The average molecular weight is 190 g/mol. The lowest BCUT2D eigenvalue weighted by Crippen LogP contribution is -1.99. The van der Waals surface area contributed by atoms with Crippen molar-refractivity contribution in [3.05, 3.63) is 29.8 Å². The van der Waals surface area contributed by atoms with Gasteiger partial charge in [-0.05, 0) is 12.5 Å². The van der Waals surface area contributed by atoms with Gasteiger partial charge in [0.1, 0.15) is 5.75 Å². The first-order chi connectivity index (χ1) is 6.79. The van der Waals surface area contributed by atoms with E-state index in [9.17, 15) is 5.11 Å². The Morgan fingerprint density at radius 2 is 2.21 bits per heavy atom. The Hall–Kier alpha value is -1.46. The van der Waals surface area contributed by atoms with Gasteiger partial charge in [0.15, 0.2) is 0 Å². The van der Waals surface area contributed by atoms with Gasteiger partial charge in [-0.3, -0.25) is 0 Å². The molecule has 2 heteroatoms. The van der Waals surface area contributed by atoms with Crippen LogP contribution in [0.1, 0.15) is 24.5 Å². The zero-order chi connectivity index (χ0) is 10.4. The summed E-state index contributed by atoms with van der Waals surface area (Å²) in [5.41, 5.74) is 0.797. The summed E-state index contributed by atoms with van der Waals surface area (Å²) in [4.78, 5) is 0. The van der Waals surface area contributed by atoms with E-state index in [1.807, 2.05) is 24.3 Å². The van der Waals surface area contributed by atoms with Gasteiger partial charge in [-0.15, -0.1) is 12.3 Å². The molecule has 0 saturated heterocycles. The summed E-state index contributed by atoms with van der Waals surface area (Å²) >= 11 is 0. The molecule has 74 valence electrons. The standard InChI is InChI=1S/C12H14O2/c1-3-4-8-11(13)10-7-5-6-9-12(10)14-2/h1,5-7,9,11,13H,4,8H2,2H3. The van der Waals surface area contributed by atoms with Gasteiger partial charge < -0.3 is 9.84 Å². The van der Waals surface area contributed by atoms with E-state index in [0.717, 1.165) is 5.56 Å². The monoisotopic (exact) mass is 190 g/mol. The fourth-order valence-corrected chi connectivity index (χ4v) is 1.32. The van der Waals surface area contributed by atoms with Crippen molar-refractivity contribution in [1.82, 2.24) is 0 Å². The smallest absolute Gasteiger partial charge is 0.124 e. The number of aliphatic hydroxyl groups excluding tert-OH is 1. The van der Waals surface area contributed by atoms with E-state index in [4.69, 9.17) is 11.2 Å². The number of aliphatic hydroxyl groups is 1. The Bertz CT molecular complexity index is 325. The maximum absolute atomic E-state index is 9.79. The van der Waals surface area contributed by atoms with Crippen molar-refractivity contribution in [2.24, 2.45) is 0 Å². The number of hydrogen-bond donors (Lipinski definition) is 1. The highest BCUT2D eigenvalue weighted by Crippen LogP contribution is 2.27. The van der Waals surface area contributed by atoms with Crippen LogP contribution in [0.25, 0.3) is 0 Å². The first-order valence-electron chi connectivity index (χ1n) is 4.54. The molecule has 1 unspecified atom stereocenters. The Morgan fingerprint density at radius 3 is 2.86 bits per heavy atom. The highest BCUT2D eigenvalue weighted by molar-refractivity contribution is 5.34. The van der Waals surface area contributed by atoms with Crippen LogP contribution in [0.15, 0.2) is 24.3 Å². The van der Waals surface area contributed by atoms with E-state index >= 15 is 0 Å². The molecule has 14 heavy (non-hydrogen) atoms. The van der Waals surface area contributed by atoms with Crippen molar-refractivity contribution in [2.75, 3.05) is 7.11 Å².